The number of nitrogens with zero attached hydrogens (tertiary/aromatic N) is 2. The lowest BCUT2D eigenvalue weighted by molar-refractivity contribution is -0.148. The monoisotopic (exact) mass is 420 g/mol. The minimum atomic E-state index is -0.481. The van der Waals surface area contributed by atoms with E-state index < -0.39 is 5.92 Å². The first-order valence-electron chi connectivity index (χ1n) is 10.4. The lowest BCUT2D eigenvalue weighted by Gasteiger charge is -2.17. The number of hydrogen-bond donors (Lipinski definition) is 0. The number of hydrogen-bond acceptors (Lipinski definition) is 5. The van der Waals surface area contributed by atoms with Gasteiger partial charge in [-0.2, -0.15) is 0 Å². The molecule has 0 aliphatic carbocycles. The number of unbranched alkanes of at least 4 members (excludes halogenated alkanes) is 1. The molecule has 2 aromatic rings. The van der Waals surface area contributed by atoms with E-state index in [1.54, 1.807) is 29.2 Å². The number of amides is 3. The summed E-state index contributed by atoms with van der Waals surface area (Å²) in [6, 6.07) is 14.4. The number of esters is 1. The predicted molar refractivity (Wildman–Crippen MR) is 114 cm³/mol. The van der Waals surface area contributed by atoms with Crippen molar-refractivity contribution < 1.29 is 23.9 Å². The topological polar surface area (TPSA) is 84.0 Å². The SMILES string of the molecule is Cc1ccc(N2CC(C(=O)OCCCCN3C(=O)c4ccccc4C3=O)CC2=O)cc1. The Morgan fingerprint density at radius 3 is 2.26 bits per heavy atom. The molecule has 0 bridgehead atoms. The van der Waals surface area contributed by atoms with Crippen LogP contribution in [0.5, 0.6) is 0 Å². The summed E-state index contributed by atoms with van der Waals surface area (Å²) in [4.78, 5) is 52.2. The van der Waals surface area contributed by atoms with Crippen molar-refractivity contribution >= 4 is 29.4 Å². The summed E-state index contributed by atoms with van der Waals surface area (Å²) in [5, 5.41) is 0. The van der Waals surface area contributed by atoms with Crippen molar-refractivity contribution in [2.75, 3.05) is 24.6 Å². The van der Waals surface area contributed by atoms with E-state index in [4.69, 9.17) is 4.74 Å². The van der Waals surface area contributed by atoms with Gasteiger partial charge >= 0.3 is 5.97 Å². The van der Waals surface area contributed by atoms with Crippen LogP contribution in [0, 0.1) is 12.8 Å². The minimum Gasteiger partial charge on any atom is -0.465 e. The quantitative estimate of drug-likeness (QED) is 0.391. The van der Waals surface area contributed by atoms with E-state index in [2.05, 4.69) is 0 Å². The number of anilines is 1. The second kappa shape index (κ2) is 8.71. The van der Waals surface area contributed by atoms with Crippen LogP contribution in [0.25, 0.3) is 0 Å². The molecule has 2 heterocycles. The van der Waals surface area contributed by atoms with Crippen molar-refractivity contribution in [2.45, 2.75) is 26.2 Å². The van der Waals surface area contributed by atoms with E-state index in [0.717, 1.165) is 11.3 Å². The number of carbonyl (C=O) groups is 4. The molecule has 7 heteroatoms. The zero-order chi connectivity index (χ0) is 22.0. The van der Waals surface area contributed by atoms with Gasteiger partial charge in [-0.15, -0.1) is 0 Å². The van der Waals surface area contributed by atoms with Gasteiger partial charge in [0.15, 0.2) is 0 Å². The maximum absolute atomic E-state index is 12.4. The highest BCUT2D eigenvalue weighted by Gasteiger charge is 2.36. The van der Waals surface area contributed by atoms with E-state index in [1.807, 2.05) is 31.2 Å². The number of aryl methyl sites for hydroxylation is 1. The smallest absolute Gasteiger partial charge is 0.311 e. The van der Waals surface area contributed by atoms with E-state index in [0.29, 0.717) is 30.5 Å². The molecule has 1 saturated heterocycles. The Morgan fingerprint density at radius 2 is 1.61 bits per heavy atom. The molecule has 0 saturated carbocycles. The van der Waals surface area contributed by atoms with Gasteiger partial charge in [-0.3, -0.25) is 24.1 Å². The minimum absolute atomic E-state index is 0.0866. The molecule has 1 atom stereocenters. The first kappa shape index (κ1) is 20.8. The van der Waals surface area contributed by atoms with Crippen molar-refractivity contribution in [1.29, 1.82) is 0 Å². The summed E-state index contributed by atoms with van der Waals surface area (Å²) in [5.41, 5.74) is 2.75. The van der Waals surface area contributed by atoms with E-state index >= 15 is 0 Å². The summed E-state index contributed by atoms with van der Waals surface area (Å²) in [7, 11) is 0. The van der Waals surface area contributed by atoms with Crippen molar-refractivity contribution in [3.8, 4) is 0 Å². The molecule has 2 aliphatic heterocycles. The van der Waals surface area contributed by atoms with Crippen LogP contribution >= 0.6 is 0 Å². The maximum Gasteiger partial charge on any atom is 0.311 e. The van der Waals surface area contributed by atoms with Gasteiger partial charge in [0.05, 0.1) is 23.7 Å². The fraction of sp³-hybridized carbons (Fsp3) is 0.333. The zero-order valence-corrected chi connectivity index (χ0v) is 17.4. The summed E-state index contributed by atoms with van der Waals surface area (Å²) in [6.07, 6.45) is 1.21. The third kappa shape index (κ3) is 4.21. The highest BCUT2D eigenvalue weighted by atomic mass is 16.5. The molecule has 4 rings (SSSR count). The normalized spacial score (nSPS) is 18.0. The fourth-order valence-electron chi connectivity index (χ4n) is 3.94. The van der Waals surface area contributed by atoms with Crippen LogP contribution in [-0.4, -0.2) is 48.3 Å². The average molecular weight is 420 g/mol. The molecule has 0 N–H and O–H groups in total. The number of rotatable bonds is 7. The number of ether oxygens (including phenoxy) is 1. The van der Waals surface area contributed by atoms with Crippen LogP contribution in [0.3, 0.4) is 0 Å². The molecule has 0 aromatic heterocycles. The van der Waals surface area contributed by atoms with Crippen LogP contribution in [0.2, 0.25) is 0 Å². The van der Waals surface area contributed by atoms with E-state index in [-0.39, 0.29) is 43.3 Å². The van der Waals surface area contributed by atoms with Gasteiger partial charge in [-0.1, -0.05) is 29.8 Å². The maximum atomic E-state index is 12.4. The first-order chi connectivity index (χ1) is 15.0. The molecular weight excluding hydrogens is 396 g/mol. The molecule has 1 unspecified atom stereocenters. The van der Waals surface area contributed by atoms with Crippen molar-refractivity contribution in [3.63, 3.8) is 0 Å². The first-order valence-corrected chi connectivity index (χ1v) is 10.4. The van der Waals surface area contributed by atoms with Gasteiger partial charge in [0, 0.05) is 25.2 Å². The largest absolute Gasteiger partial charge is 0.465 e. The molecule has 160 valence electrons. The van der Waals surface area contributed by atoms with Crippen molar-refractivity contribution in [2.24, 2.45) is 5.92 Å². The van der Waals surface area contributed by atoms with Crippen LogP contribution in [0.4, 0.5) is 5.69 Å². The summed E-state index contributed by atoms with van der Waals surface area (Å²) in [6.45, 7) is 2.77. The molecule has 7 nitrogen and oxygen atoms in total. The van der Waals surface area contributed by atoms with Crippen LogP contribution in [0.15, 0.2) is 48.5 Å². The molecule has 0 radical (unpaired) electrons. The van der Waals surface area contributed by atoms with Crippen LogP contribution < -0.4 is 4.90 Å². The van der Waals surface area contributed by atoms with Gasteiger partial charge in [0.25, 0.3) is 11.8 Å². The fourth-order valence-corrected chi connectivity index (χ4v) is 3.94. The van der Waals surface area contributed by atoms with Gasteiger partial charge < -0.3 is 9.64 Å². The number of carbonyl (C=O) groups excluding carboxylic acids is 4. The van der Waals surface area contributed by atoms with Crippen molar-refractivity contribution in [1.82, 2.24) is 4.90 Å². The Morgan fingerprint density at radius 1 is 0.968 bits per heavy atom. The highest BCUT2D eigenvalue weighted by molar-refractivity contribution is 6.21. The third-order valence-electron chi connectivity index (χ3n) is 5.70. The standard InChI is InChI=1S/C24H24N2O5/c1-16-8-10-18(11-9-16)26-15-17(14-21(26)27)24(30)31-13-5-4-12-25-22(28)19-6-2-3-7-20(19)23(25)29/h2-3,6-11,17H,4-5,12-15H2,1H3. The Balaban J connectivity index is 1.21. The molecule has 3 amide bonds. The second-order valence-corrected chi connectivity index (χ2v) is 7.92. The Bertz CT molecular complexity index is 996. The third-order valence-corrected chi connectivity index (χ3v) is 5.70. The lowest BCUT2D eigenvalue weighted by Crippen LogP contribution is -2.31. The van der Waals surface area contributed by atoms with Gasteiger partial charge in [0.2, 0.25) is 5.91 Å². The molecule has 1 fully saturated rings. The van der Waals surface area contributed by atoms with Gasteiger partial charge in [-0.05, 0) is 44.0 Å². The molecule has 2 aromatic carbocycles. The van der Waals surface area contributed by atoms with Gasteiger partial charge in [-0.25, -0.2) is 0 Å². The summed E-state index contributed by atoms with van der Waals surface area (Å²) >= 11 is 0. The van der Waals surface area contributed by atoms with Crippen molar-refractivity contribution in [3.05, 3.63) is 65.2 Å². The Labute approximate surface area is 180 Å². The van der Waals surface area contributed by atoms with E-state index in [1.165, 1.54) is 4.90 Å². The summed E-state index contributed by atoms with van der Waals surface area (Å²) in [5.74, 6) is -1.51. The summed E-state index contributed by atoms with van der Waals surface area (Å²) < 4.78 is 5.35. The Hall–Kier alpha value is -3.48. The van der Waals surface area contributed by atoms with E-state index in [9.17, 15) is 19.2 Å². The Kier molecular flexibility index (Phi) is 5.84. The highest BCUT2D eigenvalue weighted by Crippen LogP contribution is 2.26. The number of imide groups is 1. The molecule has 31 heavy (non-hydrogen) atoms. The van der Waals surface area contributed by atoms with Crippen LogP contribution in [-0.2, 0) is 14.3 Å². The van der Waals surface area contributed by atoms with Crippen LogP contribution in [0.1, 0.15) is 45.5 Å². The van der Waals surface area contributed by atoms with Gasteiger partial charge in [0.1, 0.15) is 0 Å². The molecule has 0 spiro atoms. The number of benzene rings is 2. The molecular formula is C24H24N2O5. The predicted octanol–water partition coefficient (Wildman–Crippen LogP) is 2.97. The average Bonchev–Trinajstić information content (AvgIpc) is 3.27. The second-order valence-electron chi connectivity index (χ2n) is 7.92. The zero-order valence-electron chi connectivity index (χ0n) is 17.4. The number of fused-ring (bicyclic) bond motifs is 1. The lowest BCUT2D eigenvalue weighted by atomic mass is 10.1. The molecule has 2 aliphatic rings.